The highest BCUT2D eigenvalue weighted by Gasteiger charge is 2.61. The van der Waals surface area contributed by atoms with Gasteiger partial charge in [-0.15, -0.1) is 0 Å². The van der Waals surface area contributed by atoms with Crippen LogP contribution in [0.3, 0.4) is 0 Å². The molecule has 16 heteroatoms. The highest BCUT2D eigenvalue weighted by atomic mass is 19.4. The smallest absolute Gasteiger partial charge is 0.434 e. The van der Waals surface area contributed by atoms with Crippen molar-refractivity contribution < 1.29 is 50.2 Å². The molecule has 4 rings (SSSR count). The van der Waals surface area contributed by atoms with Gasteiger partial charge in [0.1, 0.15) is 17.1 Å². The molecule has 40 heavy (non-hydrogen) atoms. The number of piperidine rings is 1. The topological polar surface area (TPSA) is 106 Å². The first-order valence-electron chi connectivity index (χ1n) is 12.8. The first kappa shape index (κ1) is 29.9. The maximum absolute atomic E-state index is 13.7. The number of fused-ring (bicyclic) bond motifs is 1. The molecule has 1 spiro atoms. The maximum Gasteiger partial charge on any atom is 0.434 e. The van der Waals surface area contributed by atoms with Crippen molar-refractivity contribution >= 4 is 18.0 Å². The van der Waals surface area contributed by atoms with E-state index in [9.17, 15) is 40.7 Å². The van der Waals surface area contributed by atoms with E-state index in [1.54, 1.807) is 25.3 Å². The zero-order valence-electron chi connectivity index (χ0n) is 22.2. The van der Waals surface area contributed by atoms with E-state index in [-0.39, 0.29) is 18.7 Å². The standard InChI is InChI=1S/C24H31F6N5O5/c1-21(2,3)40-20(38)34-9-8-33-12-15(32-16(33)13-34)17(36)35-11-14(10-22(35)4-6-31-7-5-22)18(37)39-19(23(25,26)27)24(28,29)30/h12,14,19,31H,4-11,13H2,1-3H3. The summed E-state index contributed by atoms with van der Waals surface area (Å²) in [7, 11) is 0. The molecule has 0 aliphatic carbocycles. The van der Waals surface area contributed by atoms with E-state index in [1.807, 2.05) is 0 Å². The minimum atomic E-state index is -5.84. The fraction of sp³-hybridized carbons (Fsp3) is 0.750. The molecule has 2 fully saturated rings. The molecule has 0 radical (unpaired) electrons. The van der Waals surface area contributed by atoms with Crippen LogP contribution in [0, 0.1) is 5.92 Å². The molecule has 1 N–H and O–H groups in total. The molecule has 1 aromatic rings. The lowest BCUT2D eigenvalue weighted by atomic mass is 9.83. The summed E-state index contributed by atoms with van der Waals surface area (Å²) >= 11 is 0. The molecule has 1 atom stereocenters. The number of hydrogen-bond donors (Lipinski definition) is 1. The summed E-state index contributed by atoms with van der Waals surface area (Å²) in [5.74, 6) is -3.24. The quantitative estimate of drug-likeness (QED) is 0.430. The van der Waals surface area contributed by atoms with Crippen molar-refractivity contribution in [2.75, 3.05) is 26.2 Å². The third-order valence-corrected chi connectivity index (χ3v) is 7.22. The minimum Gasteiger partial charge on any atom is -0.444 e. The molecule has 0 aromatic carbocycles. The number of imidazole rings is 1. The number of carbonyl (C=O) groups excluding carboxylic acids is 3. The lowest BCUT2D eigenvalue weighted by Gasteiger charge is -2.41. The molecule has 1 aromatic heterocycles. The lowest BCUT2D eigenvalue weighted by Crippen LogP contribution is -2.53. The summed E-state index contributed by atoms with van der Waals surface area (Å²) in [4.78, 5) is 45.9. The highest BCUT2D eigenvalue weighted by molar-refractivity contribution is 5.93. The van der Waals surface area contributed by atoms with Gasteiger partial charge in [-0.2, -0.15) is 26.3 Å². The van der Waals surface area contributed by atoms with Crippen molar-refractivity contribution in [1.82, 2.24) is 24.7 Å². The van der Waals surface area contributed by atoms with Crippen LogP contribution in [0.1, 0.15) is 56.3 Å². The Morgan fingerprint density at radius 1 is 1.05 bits per heavy atom. The third-order valence-electron chi connectivity index (χ3n) is 7.22. The van der Waals surface area contributed by atoms with Crippen LogP contribution in [0.2, 0.25) is 0 Å². The van der Waals surface area contributed by atoms with Crippen LogP contribution in [0.5, 0.6) is 0 Å². The molecule has 1 unspecified atom stereocenters. The second-order valence-electron chi connectivity index (χ2n) is 11.3. The maximum atomic E-state index is 13.7. The van der Waals surface area contributed by atoms with Crippen molar-refractivity contribution in [3.05, 3.63) is 17.7 Å². The summed E-state index contributed by atoms with van der Waals surface area (Å²) in [6.07, 6.45) is -14.4. The van der Waals surface area contributed by atoms with Gasteiger partial charge in [0.05, 0.1) is 12.5 Å². The van der Waals surface area contributed by atoms with Crippen molar-refractivity contribution in [2.45, 2.75) is 82.7 Å². The number of likely N-dealkylation sites (tertiary alicyclic amines) is 1. The molecule has 224 valence electrons. The molecule has 0 saturated carbocycles. The van der Waals surface area contributed by atoms with Gasteiger partial charge in [-0.05, 0) is 53.1 Å². The van der Waals surface area contributed by atoms with Crippen molar-refractivity contribution in [3.8, 4) is 0 Å². The molecule has 0 bridgehead atoms. The van der Waals surface area contributed by atoms with Gasteiger partial charge in [0.2, 0.25) is 0 Å². The van der Waals surface area contributed by atoms with E-state index >= 15 is 0 Å². The van der Waals surface area contributed by atoms with Crippen LogP contribution >= 0.6 is 0 Å². The van der Waals surface area contributed by atoms with Crippen LogP contribution in [0.25, 0.3) is 0 Å². The zero-order valence-corrected chi connectivity index (χ0v) is 22.2. The molecule has 3 aliphatic heterocycles. The van der Waals surface area contributed by atoms with Gasteiger partial charge in [0.25, 0.3) is 12.0 Å². The normalized spacial score (nSPS) is 21.5. The fourth-order valence-electron chi connectivity index (χ4n) is 5.38. The Hall–Kier alpha value is -3.04. The van der Waals surface area contributed by atoms with Crippen LogP contribution in [0.15, 0.2) is 6.20 Å². The number of nitrogens with one attached hydrogen (secondary N) is 1. The van der Waals surface area contributed by atoms with Gasteiger partial charge in [-0.3, -0.25) is 14.5 Å². The van der Waals surface area contributed by atoms with E-state index in [0.717, 1.165) is 0 Å². The number of alkyl halides is 6. The number of carbonyl (C=O) groups is 3. The van der Waals surface area contributed by atoms with E-state index in [0.29, 0.717) is 44.8 Å². The first-order valence-corrected chi connectivity index (χ1v) is 12.8. The van der Waals surface area contributed by atoms with E-state index in [1.165, 1.54) is 16.0 Å². The Kier molecular flexibility index (Phi) is 7.79. The number of aromatic nitrogens is 2. The van der Waals surface area contributed by atoms with Crippen LogP contribution in [-0.4, -0.2) is 93.1 Å². The molecule has 10 nitrogen and oxygen atoms in total. The van der Waals surface area contributed by atoms with E-state index < -0.39 is 60.0 Å². The van der Waals surface area contributed by atoms with Crippen molar-refractivity contribution in [2.24, 2.45) is 5.92 Å². The summed E-state index contributed by atoms with van der Waals surface area (Å²) in [6.45, 7) is 6.36. The molecule has 4 heterocycles. The Bertz CT molecular complexity index is 1120. The number of halogens is 6. The summed E-state index contributed by atoms with van der Waals surface area (Å²) in [5.41, 5.74) is -1.68. The monoisotopic (exact) mass is 583 g/mol. The summed E-state index contributed by atoms with van der Waals surface area (Å²) in [6, 6.07) is 0. The van der Waals surface area contributed by atoms with E-state index in [4.69, 9.17) is 4.74 Å². The van der Waals surface area contributed by atoms with Crippen LogP contribution in [-0.2, 0) is 27.4 Å². The van der Waals surface area contributed by atoms with Crippen LogP contribution in [0.4, 0.5) is 31.1 Å². The Balaban J connectivity index is 1.53. The molecule has 2 amide bonds. The number of esters is 1. The van der Waals surface area contributed by atoms with Gasteiger partial charge < -0.3 is 24.3 Å². The first-order chi connectivity index (χ1) is 18.4. The molecule has 3 aliphatic rings. The number of ether oxygens (including phenoxy) is 2. The van der Waals surface area contributed by atoms with E-state index in [2.05, 4.69) is 15.0 Å². The average molecular weight is 584 g/mol. The van der Waals surface area contributed by atoms with Gasteiger partial charge in [-0.1, -0.05) is 0 Å². The Morgan fingerprint density at radius 2 is 1.68 bits per heavy atom. The van der Waals surface area contributed by atoms with Gasteiger partial charge >= 0.3 is 24.4 Å². The SMILES string of the molecule is CC(C)(C)OC(=O)N1CCn2cc(C(=O)N3CC(C(=O)OC(C(F)(F)F)C(F)(F)F)CC34CCNCC4)nc2C1. The Morgan fingerprint density at radius 3 is 2.25 bits per heavy atom. The number of amides is 2. The molecular weight excluding hydrogens is 552 g/mol. The average Bonchev–Trinajstić information content (AvgIpc) is 3.41. The number of nitrogens with zero attached hydrogens (tertiary/aromatic N) is 4. The number of rotatable bonds is 3. The number of hydrogen-bond acceptors (Lipinski definition) is 7. The predicted octanol–water partition coefficient (Wildman–Crippen LogP) is 3.25. The zero-order chi connectivity index (χ0) is 29.7. The van der Waals surface area contributed by atoms with Gasteiger partial charge in [-0.25, -0.2) is 9.78 Å². The predicted molar refractivity (Wildman–Crippen MR) is 125 cm³/mol. The second-order valence-corrected chi connectivity index (χ2v) is 11.3. The Labute approximate surface area is 225 Å². The largest absolute Gasteiger partial charge is 0.444 e. The lowest BCUT2D eigenvalue weighted by molar-refractivity contribution is -0.314. The summed E-state index contributed by atoms with van der Waals surface area (Å²) in [5, 5.41) is 3.10. The van der Waals surface area contributed by atoms with Gasteiger partial charge in [0.15, 0.2) is 0 Å². The van der Waals surface area contributed by atoms with Gasteiger partial charge in [0, 0.05) is 31.4 Å². The highest BCUT2D eigenvalue weighted by Crippen LogP contribution is 2.43. The van der Waals surface area contributed by atoms with Crippen LogP contribution < -0.4 is 5.32 Å². The molecule has 2 saturated heterocycles. The van der Waals surface area contributed by atoms with Crippen molar-refractivity contribution in [3.63, 3.8) is 0 Å². The second kappa shape index (κ2) is 10.4. The third kappa shape index (κ3) is 6.31. The summed E-state index contributed by atoms with van der Waals surface area (Å²) < 4.78 is 89.0. The molecular formula is C24H31F6N5O5. The minimum absolute atomic E-state index is 0.00331. The fourth-order valence-corrected chi connectivity index (χ4v) is 5.38. The van der Waals surface area contributed by atoms with Crippen molar-refractivity contribution in [1.29, 1.82) is 0 Å².